The fraction of sp³-hybridized carbons (Fsp3) is 0.429. The SMILES string of the molecule is C[C@H](NC(=O)CN1CCNC(=O)C1)c1ccc(Cl)cc1Cl. The zero-order chi connectivity index (χ0) is 15.4. The van der Waals surface area contributed by atoms with Crippen LogP contribution >= 0.6 is 23.2 Å². The first kappa shape index (κ1) is 16.1. The number of carbonyl (C=O) groups excluding carboxylic acids is 2. The van der Waals surface area contributed by atoms with Crippen molar-refractivity contribution in [2.75, 3.05) is 26.2 Å². The van der Waals surface area contributed by atoms with E-state index in [1.165, 1.54) is 0 Å². The zero-order valence-electron chi connectivity index (χ0n) is 11.7. The van der Waals surface area contributed by atoms with Crippen LogP contribution in [-0.2, 0) is 9.59 Å². The second-order valence-electron chi connectivity index (χ2n) is 5.02. The van der Waals surface area contributed by atoms with Crippen molar-refractivity contribution in [2.24, 2.45) is 0 Å². The van der Waals surface area contributed by atoms with Gasteiger partial charge in [-0.15, -0.1) is 0 Å². The van der Waals surface area contributed by atoms with E-state index in [1.54, 1.807) is 18.2 Å². The molecule has 1 aliphatic rings. The molecular weight excluding hydrogens is 313 g/mol. The van der Waals surface area contributed by atoms with Crippen molar-refractivity contribution in [3.8, 4) is 0 Å². The summed E-state index contributed by atoms with van der Waals surface area (Å²) in [7, 11) is 0. The first-order chi connectivity index (χ1) is 9.95. The minimum atomic E-state index is -0.221. The summed E-state index contributed by atoms with van der Waals surface area (Å²) in [5, 5.41) is 6.68. The predicted molar refractivity (Wildman–Crippen MR) is 82.5 cm³/mol. The molecule has 5 nitrogen and oxygen atoms in total. The third-order valence-corrected chi connectivity index (χ3v) is 3.85. The van der Waals surface area contributed by atoms with Gasteiger partial charge >= 0.3 is 0 Å². The van der Waals surface area contributed by atoms with Crippen LogP contribution in [0.5, 0.6) is 0 Å². The van der Waals surface area contributed by atoms with Gasteiger partial charge in [-0.1, -0.05) is 29.3 Å². The largest absolute Gasteiger partial charge is 0.354 e. The fourth-order valence-electron chi connectivity index (χ4n) is 2.25. The fourth-order valence-corrected chi connectivity index (χ4v) is 2.82. The molecule has 1 saturated heterocycles. The van der Waals surface area contributed by atoms with Gasteiger partial charge in [0.1, 0.15) is 0 Å². The summed E-state index contributed by atoms with van der Waals surface area (Å²) >= 11 is 12.0. The number of hydrogen-bond donors (Lipinski definition) is 2. The van der Waals surface area contributed by atoms with Gasteiger partial charge in [-0.05, 0) is 24.6 Å². The highest BCUT2D eigenvalue weighted by molar-refractivity contribution is 6.35. The topological polar surface area (TPSA) is 61.4 Å². The van der Waals surface area contributed by atoms with Gasteiger partial charge in [0.25, 0.3) is 0 Å². The summed E-state index contributed by atoms with van der Waals surface area (Å²) < 4.78 is 0. The molecule has 0 bridgehead atoms. The van der Waals surface area contributed by atoms with Gasteiger partial charge in [-0.25, -0.2) is 0 Å². The molecule has 21 heavy (non-hydrogen) atoms. The van der Waals surface area contributed by atoms with Crippen LogP contribution in [0.3, 0.4) is 0 Å². The summed E-state index contributed by atoms with van der Waals surface area (Å²) in [5.41, 5.74) is 0.811. The van der Waals surface area contributed by atoms with E-state index < -0.39 is 0 Å². The highest BCUT2D eigenvalue weighted by Crippen LogP contribution is 2.25. The molecule has 0 radical (unpaired) electrons. The van der Waals surface area contributed by atoms with E-state index in [-0.39, 0.29) is 30.9 Å². The number of halogens is 2. The van der Waals surface area contributed by atoms with Crippen molar-refractivity contribution >= 4 is 35.0 Å². The van der Waals surface area contributed by atoms with Crippen LogP contribution in [-0.4, -0.2) is 42.9 Å². The number of hydrogen-bond acceptors (Lipinski definition) is 3. The average molecular weight is 330 g/mol. The third kappa shape index (κ3) is 4.59. The van der Waals surface area contributed by atoms with Crippen molar-refractivity contribution < 1.29 is 9.59 Å². The van der Waals surface area contributed by atoms with Crippen LogP contribution in [0.15, 0.2) is 18.2 Å². The molecule has 1 atom stereocenters. The maximum Gasteiger partial charge on any atom is 0.234 e. The first-order valence-corrected chi connectivity index (χ1v) is 7.44. The highest BCUT2D eigenvalue weighted by atomic mass is 35.5. The smallest absolute Gasteiger partial charge is 0.234 e. The van der Waals surface area contributed by atoms with Gasteiger partial charge in [0, 0.05) is 23.1 Å². The molecule has 1 aromatic carbocycles. The molecule has 2 rings (SSSR count). The number of piperazine rings is 1. The average Bonchev–Trinajstić information content (AvgIpc) is 2.38. The van der Waals surface area contributed by atoms with Crippen LogP contribution in [0.4, 0.5) is 0 Å². The van der Waals surface area contributed by atoms with Crippen LogP contribution in [0, 0.1) is 0 Å². The van der Waals surface area contributed by atoms with E-state index in [4.69, 9.17) is 23.2 Å². The third-order valence-electron chi connectivity index (χ3n) is 3.29. The van der Waals surface area contributed by atoms with E-state index in [9.17, 15) is 9.59 Å². The second kappa shape index (κ2) is 7.11. The molecule has 1 fully saturated rings. The van der Waals surface area contributed by atoms with Crippen molar-refractivity contribution in [1.82, 2.24) is 15.5 Å². The lowest BCUT2D eigenvalue weighted by molar-refractivity contribution is -0.127. The normalized spacial score (nSPS) is 17.2. The van der Waals surface area contributed by atoms with Crippen LogP contribution in [0.2, 0.25) is 10.0 Å². The zero-order valence-corrected chi connectivity index (χ0v) is 13.2. The van der Waals surface area contributed by atoms with Crippen molar-refractivity contribution in [2.45, 2.75) is 13.0 Å². The van der Waals surface area contributed by atoms with Crippen molar-refractivity contribution in [3.05, 3.63) is 33.8 Å². The van der Waals surface area contributed by atoms with E-state index in [1.807, 2.05) is 11.8 Å². The molecule has 2 N–H and O–H groups in total. The molecule has 7 heteroatoms. The Bertz CT molecular complexity index is 551. The Morgan fingerprint density at radius 2 is 2.24 bits per heavy atom. The standard InChI is InChI=1S/C14H17Cl2N3O2/c1-9(11-3-2-10(15)6-12(11)16)18-14(21)8-19-5-4-17-13(20)7-19/h2-3,6,9H,4-5,7-8H2,1H3,(H,17,20)(H,18,21)/t9-/m0/s1. The summed E-state index contributed by atoms with van der Waals surface area (Å²) in [6.45, 7) is 3.56. The Balaban J connectivity index is 1.91. The molecule has 0 unspecified atom stereocenters. The number of amides is 2. The molecule has 0 aromatic heterocycles. The lowest BCUT2D eigenvalue weighted by atomic mass is 10.1. The molecule has 1 heterocycles. The minimum absolute atomic E-state index is 0.0529. The van der Waals surface area contributed by atoms with Gasteiger partial charge in [-0.3, -0.25) is 14.5 Å². The molecule has 1 aliphatic heterocycles. The molecule has 114 valence electrons. The van der Waals surface area contributed by atoms with Crippen molar-refractivity contribution in [3.63, 3.8) is 0 Å². The number of rotatable bonds is 4. The first-order valence-electron chi connectivity index (χ1n) is 6.69. The summed E-state index contributed by atoms with van der Waals surface area (Å²) in [6.07, 6.45) is 0. The van der Waals surface area contributed by atoms with E-state index >= 15 is 0 Å². The lowest BCUT2D eigenvalue weighted by Crippen LogP contribution is -2.50. The van der Waals surface area contributed by atoms with Gasteiger partial charge in [-0.2, -0.15) is 0 Å². The summed E-state index contributed by atoms with van der Waals surface area (Å²) in [5.74, 6) is -0.189. The Kier molecular flexibility index (Phi) is 5.45. The molecule has 2 amide bonds. The van der Waals surface area contributed by atoms with Crippen LogP contribution in [0.1, 0.15) is 18.5 Å². The highest BCUT2D eigenvalue weighted by Gasteiger charge is 2.20. The minimum Gasteiger partial charge on any atom is -0.354 e. The maximum atomic E-state index is 12.0. The predicted octanol–water partition coefficient (Wildman–Crippen LogP) is 1.60. The quantitative estimate of drug-likeness (QED) is 0.882. The Morgan fingerprint density at radius 3 is 2.90 bits per heavy atom. The number of benzene rings is 1. The Morgan fingerprint density at radius 1 is 1.48 bits per heavy atom. The van der Waals surface area contributed by atoms with E-state index in [0.29, 0.717) is 23.1 Å². The Labute approximate surface area is 133 Å². The summed E-state index contributed by atoms with van der Waals surface area (Å²) in [4.78, 5) is 25.1. The molecule has 0 saturated carbocycles. The number of nitrogens with one attached hydrogen (secondary N) is 2. The lowest BCUT2D eigenvalue weighted by Gasteiger charge is -2.26. The molecular formula is C14H17Cl2N3O2. The molecule has 0 aliphatic carbocycles. The molecule has 1 aromatic rings. The second-order valence-corrected chi connectivity index (χ2v) is 5.86. The number of carbonyl (C=O) groups is 2. The number of nitrogens with zero attached hydrogens (tertiary/aromatic N) is 1. The van der Waals surface area contributed by atoms with E-state index in [0.717, 1.165) is 5.56 Å². The monoisotopic (exact) mass is 329 g/mol. The van der Waals surface area contributed by atoms with Gasteiger partial charge < -0.3 is 10.6 Å². The van der Waals surface area contributed by atoms with Gasteiger partial charge in [0.15, 0.2) is 0 Å². The van der Waals surface area contributed by atoms with Crippen LogP contribution in [0.25, 0.3) is 0 Å². The van der Waals surface area contributed by atoms with Gasteiger partial charge in [0.2, 0.25) is 11.8 Å². The van der Waals surface area contributed by atoms with E-state index in [2.05, 4.69) is 10.6 Å². The summed E-state index contributed by atoms with van der Waals surface area (Å²) in [6, 6.07) is 4.96. The maximum absolute atomic E-state index is 12.0. The van der Waals surface area contributed by atoms with Crippen LogP contribution < -0.4 is 10.6 Å². The molecule has 0 spiro atoms. The Hall–Kier alpha value is -1.30. The van der Waals surface area contributed by atoms with Crippen molar-refractivity contribution in [1.29, 1.82) is 0 Å². The van der Waals surface area contributed by atoms with Gasteiger partial charge in [0.05, 0.1) is 19.1 Å².